The van der Waals surface area contributed by atoms with Gasteiger partial charge in [-0.3, -0.25) is 9.59 Å². The zero-order chi connectivity index (χ0) is 14.5. The van der Waals surface area contributed by atoms with Crippen molar-refractivity contribution in [2.45, 2.75) is 40.2 Å². The van der Waals surface area contributed by atoms with E-state index in [1.165, 1.54) is 6.07 Å². The summed E-state index contributed by atoms with van der Waals surface area (Å²) in [6, 6.07) is 3.08. The van der Waals surface area contributed by atoms with Crippen LogP contribution in [0.1, 0.15) is 33.6 Å². The minimum atomic E-state index is -0.535. The first-order valence-corrected chi connectivity index (χ1v) is 6.75. The molecule has 0 radical (unpaired) electrons. The molecule has 0 bridgehead atoms. The predicted octanol–water partition coefficient (Wildman–Crippen LogP) is 1.57. The summed E-state index contributed by atoms with van der Waals surface area (Å²) < 4.78 is 1.55. The summed E-state index contributed by atoms with van der Waals surface area (Å²) in [6.07, 6.45) is 3.05. The molecule has 0 aliphatic heterocycles. The Hall–Kier alpha value is -1.62. The number of pyridine rings is 1. The van der Waals surface area contributed by atoms with Crippen molar-refractivity contribution in [1.29, 1.82) is 0 Å². The molecule has 0 saturated heterocycles. The van der Waals surface area contributed by atoms with E-state index < -0.39 is 5.41 Å². The number of nitrogens with two attached hydrogens (primary N) is 1. The molecule has 19 heavy (non-hydrogen) atoms. The van der Waals surface area contributed by atoms with Crippen molar-refractivity contribution in [2.75, 3.05) is 11.9 Å². The number of carbonyl (C=O) groups is 1. The third-order valence-electron chi connectivity index (χ3n) is 3.81. The summed E-state index contributed by atoms with van der Waals surface area (Å²) in [5.74, 6) is -0.0821. The molecule has 1 rings (SSSR count). The Morgan fingerprint density at radius 3 is 2.42 bits per heavy atom. The number of rotatable bonds is 6. The van der Waals surface area contributed by atoms with Crippen LogP contribution in [0.2, 0.25) is 0 Å². The van der Waals surface area contributed by atoms with Crippen LogP contribution in [0.25, 0.3) is 0 Å². The largest absolute Gasteiger partial charge is 0.329 e. The van der Waals surface area contributed by atoms with Crippen LogP contribution in [-0.4, -0.2) is 17.0 Å². The maximum Gasteiger partial charge on any atom is 0.250 e. The van der Waals surface area contributed by atoms with Gasteiger partial charge in [-0.2, -0.15) is 0 Å². The monoisotopic (exact) mass is 265 g/mol. The van der Waals surface area contributed by atoms with Crippen molar-refractivity contribution in [3.05, 3.63) is 28.7 Å². The van der Waals surface area contributed by atoms with Gasteiger partial charge in [0, 0.05) is 25.4 Å². The summed E-state index contributed by atoms with van der Waals surface area (Å²) >= 11 is 0. The molecule has 0 aliphatic carbocycles. The first-order chi connectivity index (χ1) is 9.02. The topological polar surface area (TPSA) is 77.1 Å². The van der Waals surface area contributed by atoms with Crippen LogP contribution in [0, 0.1) is 5.41 Å². The first-order valence-electron chi connectivity index (χ1n) is 6.75. The van der Waals surface area contributed by atoms with E-state index in [9.17, 15) is 9.59 Å². The van der Waals surface area contributed by atoms with Crippen molar-refractivity contribution in [2.24, 2.45) is 11.1 Å². The zero-order valence-corrected chi connectivity index (χ0v) is 11.9. The molecule has 0 saturated carbocycles. The zero-order valence-electron chi connectivity index (χ0n) is 11.9. The van der Waals surface area contributed by atoms with Gasteiger partial charge in [-0.1, -0.05) is 13.8 Å². The van der Waals surface area contributed by atoms with Gasteiger partial charge in [0.2, 0.25) is 5.91 Å². The Bertz CT molecular complexity index is 481. The fourth-order valence-corrected chi connectivity index (χ4v) is 2.07. The molecule has 0 spiro atoms. The second-order valence-electron chi connectivity index (χ2n) is 4.69. The van der Waals surface area contributed by atoms with Crippen LogP contribution in [-0.2, 0) is 11.3 Å². The predicted molar refractivity (Wildman–Crippen MR) is 77.1 cm³/mol. The number of hydrogen-bond acceptors (Lipinski definition) is 3. The Morgan fingerprint density at radius 2 is 1.95 bits per heavy atom. The summed E-state index contributed by atoms with van der Waals surface area (Å²) in [6.45, 7) is 6.70. The second kappa shape index (κ2) is 6.52. The lowest BCUT2D eigenvalue weighted by Gasteiger charge is -2.28. The van der Waals surface area contributed by atoms with Crippen LogP contribution in [0.4, 0.5) is 5.69 Å². The van der Waals surface area contributed by atoms with E-state index in [1.807, 2.05) is 20.8 Å². The quantitative estimate of drug-likeness (QED) is 0.819. The van der Waals surface area contributed by atoms with Crippen molar-refractivity contribution in [1.82, 2.24) is 4.57 Å². The van der Waals surface area contributed by atoms with E-state index in [1.54, 1.807) is 16.8 Å². The van der Waals surface area contributed by atoms with Gasteiger partial charge in [-0.05, 0) is 25.8 Å². The Morgan fingerprint density at radius 1 is 1.32 bits per heavy atom. The van der Waals surface area contributed by atoms with Crippen LogP contribution in [0.15, 0.2) is 23.1 Å². The molecule has 0 aromatic carbocycles. The van der Waals surface area contributed by atoms with E-state index in [-0.39, 0.29) is 11.5 Å². The Labute approximate surface area is 113 Å². The van der Waals surface area contributed by atoms with Crippen LogP contribution in [0.3, 0.4) is 0 Å². The number of nitrogens with one attached hydrogen (secondary N) is 1. The molecule has 1 aromatic heterocycles. The normalized spacial score (nSPS) is 11.4. The summed E-state index contributed by atoms with van der Waals surface area (Å²) in [4.78, 5) is 23.8. The average Bonchev–Trinajstić information content (AvgIpc) is 2.43. The minimum Gasteiger partial charge on any atom is -0.329 e. The molecule has 0 unspecified atom stereocenters. The molecule has 3 N–H and O–H groups in total. The van der Waals surface area contributed by atoms with E-state index in [0.717, 1.165) is 0 Å². The number of nitrogens with zero attached hydrogens (tertiary/aromatic N) is 1. The number of carbonyl (C=O) groups excluding carboxylic acids is 1. The minimum absolute atomic E-state index is 0.0726. The number of amides is 1. The number of aryl methyl sites for hydroxylation is 1. The van der Waals surface area contributed by atoms with Crippen molar-refractivity contribution >= 4 is 11.6 Å². The molecule has 0 atom stereocenters. The fourth-order valence-electron chi connectivity index (χ4n) is 2.07. The molecule has 1 aromatic rings. The third-order valence-corrected chi connectivity index (χ3v) is 3.81. The molecular weight excluding hydrogens is 242 g/mol. The molecule has 1 amide bonds. The molecule has 1 heterocycles. The second-order valence-corrected chi connectivity index (χ2v) is 4.69. The molecule has 106 valence electrons. The lowest BCUT2D eigenvalue weighted by molar-refractivity contribution is -0.125. The average molecular weight is 265 g/mol. The van der Waals surface area contributed by atoms with E-state index in [4.69, 9.17) is 5.73 Å². The number of anilines is 1. The highest BCUT2D eigenvalue weighted by Crippen LogP contribution is 2.26. The lowest BCUT2D eigenvalue weighted by Crippen LogP contribution is -2.41. The molecule has 5 nitrogen and oxygen atoms in total. The molecular formula is C14H23N3O2. The Kier molecular flexibility index (Phi) is 5.30. The van der Waals surface area contributed by atoms with Gasteiger partial charge in [0.05, 0.1) is 11.1 Å². The van der Waals surface area contributed by atoms with Gasteiger partial charge in [0.15, 0.2) is 0 Å². The number of aromatic nitrogens is 1. The van der Waals surface area contributed by atoms with Gasteiger partial charge in [-0.15, -0.1) is 0 Å². The van der Waals surface area contributed by atoms with Crippen LogP contribution >= 0.6 is 0 Å². The van der Waals surface area contributed by atoms with Gasteiger partial charge in [0.1, 0.15) is 0 Å². The van der Waals surface area contributed by atoms with Gasteiger partial charge in [0.25, 0.3) is 5.56 Å². The van der Waals surface area contributed by atoms with Crippen molar-refractivity contribution in [3.63, 3.8) is 0 Å². The van der Waals surface area contributed by atoms with E-state index in [2.05, 4.69) is 5.32 Å². The van der Waals surface area contributed by atoms with E-state index >= 15 is 0 Å². The first kappa shape index (κ1) is 15.4. The highest BCUT2D eigenvalue weighted by Gasteiger charge is 2.33. The van der Waals surface area contributed by atoms with Gasteiger partial charge < -0.3 is 15.6 Å². The fraction of sp³-hybridized carbons (Fsp3) is 0.571. The van der Waals surface area contributed by atoms with Gasteiger partial charge in [-0.25, -0.2) is 0 Å². The van der Waals surface area contributed by atoms with Crippen LogP contribution in [0.5, 0.6) is 0 Å². The Balaban J connectivity index is 2.96. The summed E-state index contributed by atoms with van der Waals surface area (Å²) in [5, 5.41) is 2.86. The number of hydrogen-bond donors (Lipinski definition) is 2. The molecule has 5 heteroatoms. The third kappa shape index (κ3) is 3.23. The van der Waals surface area contributed by atoms with Crippen LogP contribution < -0.4 is 16.6 Å². The lowest BCUT2D eigenvalue weighted by atomic mass is 9.81. The maximum atomic E-state index is 12.3. The molecule has 0 aliphatic rings. The van der Waals surface area contributed by atoms with Gasteiger partial charge >= 0.3 is 0 Å². The van der Waals surface area contributed by atoms with E-state index in [0.29, 0.717) is 31.6 Å². The standard InChI is InChI=1S/C14H23N3O2/c1-4-14(5-2,10-15)13(19)16-11-7-8-12(18)17(6-3)9-11/h7-9H,4-6,10,15H2,1-3H3,(H,16,19). The summed E-state index contributed by atoms with van der Waals surface area (Å²) in [7, 11) is 0. The maximum absolute atomic E-state index is 12.3. The molecule has 0 fully saturated rings. The summed E-state index contributed by atoms with van der Waals surface area (Å²) in [5.41, 5.74) is 5.77. The SMILES string of the molecule is CCn1cc(NC(=O)C(CC)(CC)CN)ccc1=O. The highest BCUT2D eigenvalue weighted by molar-refractivity contribution is 5.95. The highest BCUT2D eigenvalue weighted by atomic mass is 16.2. The van der Waals surface area contributed by atoms with Crippen molar-refractivity contribution < 1.29 is 4.79 Å². The van der Waals surface area contributed by atoms with Crippen molar-refractivity contribution in [3.8, 4) is 0 Å². The smallest absolute Gasteiger partial charge is 0.250 e.